The fraction of sp³-hybridized carbons (Fsp3) is 0.238. The molecule has 0 bridgehead atoms. The summed E-state index contributed by atoms with van der Waals surface area (Å²) in [6, 6.07) is 14.5. The number of nitrogens with zero attached hydrogens (tertiary/aromatic N) is 1. The van der Waals surface area contributed by atoms with Crippen molar-refractivity contribution in [2.24, 2.45) is 0 Å². The van der Waals surface area contributed by atoms with Crippen LogP contribution in [0.1, 0.15) is 18.1 Å². The Bertz CT molecular complexity index is 872. The lowest BCUT2D eigenvalue weighted by Gasteiger charge is -2.15. The topological polar surface area (TPSA) is 55.8 Å². The molecule has 0 radical (unpaired) electrons. The molecule has 2 amide bonds. The average Bonchev–Trinajstić information content (AvgIpc) is 2.90. The number of ether oxygens (including phenoxy) is 2. The van der Waals surface area contributed by atoms with Crippen LogP contribution < -0.4 is 9.47 Å². The Labute approximate surface area is 163 Å². The Kier molecular flexibility index (Phi) is 5.81. The number of halogens is 1. The van der Waals surface area contributed by atoms with Gasteiger partial charge in [0.05, 0.1) is 19.3 Å². The van der Waals surface area contributed by atoms with Crippen LogP contribution in [0.3, 0.4) is 0 Å². The Hall–Kier alpha value is -2.79. The first kappa shape index (κ1) is 19.0. The van der Waals surface area contributed by atoms with Crippen molar-refractivity contribution in [3.63, 3.8) is 0 Å². The molecule has 0 aromatic heterocycles. The van der Waals surface area contributed by atoms with E-state index in [-0.39, 0.29) is 23.1 Å². The van der Waals surface area contributed by atoms with E-state index in [9.17, 15) is 9.59 Å². The molecular formula is C21H20ClNO4. The number of rotatable bonds is 7. The molecule has 2 aromatic rings. The fourth-order valence-electron chi connectivity index (χ4n) is 2.92. The number of carbonyl (C=O) groups is 2. The minimum atomic E-state index is -0.459. The minimum Gasteiger partial charge on any atom is -0.497 e. The molecule has 2 aromatic carbocycles. The fourth-order valence-corrected chi connectivity index (χ4v) is 3.21. The van der Waals surface area contributed by atoms with E-state index in [4.69, 9.17) is 21.1 Å². The molecule has 0 atom stereocenters. The van der Waals surface area contributed by atoms with Gasteiger partial charge in [0.25, 0.3) is 11.8 Å². The second-order valence-corrected chi connectivity index (χ2v) is 6.38. The standard InChI is InChI=1S/C21H20ClNO4/c1-3-27-17-10-6-15(7-11-17)18-19(22)21(25)23(20(18)24)13-12-14-4-8-16(26-2)9-5-14/h4-11H,3,12-13H2,1-2H3. The summed E-state index contributed by atoms with van der Waals surface area (Å²) in [5.74, 6) is 0.627. The van der Waals surface area contributed by atoms with Crippen molar-refractivity contribution >= 4 is 29.0 Å². The summed E-state index contributed by atoms with van der Waals surface area (Å²) in [7, 11) is 1.60. The van der Waals surface area contributed by atoms with Gasteiger partial charge in [0.1, 0.15) is 16.5 Å². The van der Waals surface area contributed by atoms with Gasteiger partial charge in [-0.1, -0.05) is 35.9 Å². The van der Waals surface area contributed by atoms with E-state index in [1.807, 2.05) is 31.2 Å². The molecule has 3 rings (SSSR count). The van der Waals surface area contributed by atoms with Crippen LogP contribution in [-0.4, -0.2) is 37.0 Å². The minimum absolute atomic E-state index is 0.0427. The largest absolute Gasteiger partial charge is 0.497 e. The summed E-state index contributed by atoms with van der Waals surface area (Å²) in [4.78, 5) is 26.4. The second kappa shape index (κ2) is 8.27. The van der Waals surface area contributed by atoms with Gasteiger partial charge in [0.2, 0.25) is 0 Å². The Morgan fingerprint density at radius 3 is 2.15 bits per heavy atom. The van der Waals surface area contributed by atoms with Crippen LogP contribution in [0.25, 0.3) is 5.57 Å². The van der Waals surface area contributed by atoms with E-state index in [0.717, 1.165) is 11.3 Å². The molecular weight excluding hydrogens is 366 g/mol. The third-order valence-electron chi connectivity index (χ3n) is 4.35. The summed E-state index contributed by atoms with van der Waals surface area (Å²) in [6.07, 6.45) is 0.544. The van der Waals surface area contributed by atoms with Gasteiger partial charge >= 0.3 is 0 Å². The molecule has 6 heteroatoms. The maximum absolute atomic E-state index is 12.8. The first-order valence-corrected chi connectivity index (χ1v) is 9.05. The van der Waals surface area contributed by atoms with E-state index in [0.29, 0.717) is 24.3 Å². The Morgan fingerprint density at radius 2 is 1.56 bits per heavy atom. The van der Waals surface area contributed by atoms with Crippen LogP contribution in [0.2, 0.25) is 0 Å². The molecule has 1 aliphatic rings. The van der Waals surface area contributed by atoms with Gasteiger partial charge in [-0.25, -0.2) is 0 Å². The first-order chi connectivity index (χ1) is 13.0. The molecule has 27 heavy (non-hydrogen) atoms. The smallest absolute Gasteiger partial charge is 0.273 e. The quantitative estimate of drug-likeness (QED) is 0.682. The summed E-state index contributed by atoms with van der Waals surface area (Å²) in [6.45, 7) is 2.72. The number of carbonyl (C=O) groups excluding carboxylic acids is 2. The number of benzene rings is 2. The van der Waals surface area contributed by atoms with Gasteiger partial charge in [-0.15, -0.1) is 0 Å². The molecule has 0 saturated heterocycles. The zero-order chi connectivity index (χ0) is 19.4. The predicted octanol–water partition coefficient (Wildman–Crippen LogP) is 3.66. The van der Waals surface area contributed by atoms with Crippen molar-refractivity contribution in [3.05, 3.63) is 64.7 Å². The van der Waals surface area contributed by atoms with Gasteiger partial charge < -0.3 is 9.47 Å². The molecule has 1 aliphatic heterocycles. The monoisotopic (exact) mass is 385 g/mol. The maximum Gasteiger partial charge on any atom is 0.273 e. The van der Waals surface area contributed by atoms with Crippen molar-refractivity contribution in [3.8, 4) is 11.5 Å². The molecule has 0 unspecified atom stereocenters. The van der Waals surface area contributed by atoms with Crippen LogP contribution in [0, 0.1) is 0 Å². The molecule has 0 N–H and O–H groups in total. The highest BCUT2D eigenvalue weighted by Gasteiger charge is 2.37. The maximum atomic E-state index is 12.8. The van der Waals surface area contributed by atoms with Gasteiger partial charge in [0.15, 0.2) is 0 Å². The molecule has 0 saturated carbocycles. The lowest BCUT2D eigenvalue weighted by atomic mass is 10.1. The van der Waals surface area contributed by atoms with Crippen molar-refractivity contribution in [1.29, 1.82) is 0 Å². The van der Waals surface area contributed by atoms with Crippen molar-refractivity contribution in [2.45, 2.75) is 13.3 Å². The zero-order valence-electron chi connectivity index (χ0n) is 15.2. The Balaban J connectivity index is 1.72. The predicted molar refractivity (Wildman–Crippen MR) is 104 cm³/mol. The first-order valence-electron chi connectivity index (χ1n) is 8.67. The molecule has 1 heterocycles. The van der Waals surface area contributed by atoms with Gasteiger partial charge in [-0.05, 0) is 48.7 Å². The highest BCUT2D eigenvalue weighted by molar-refractivity contribution is 6.55. The summed E-state index contributed by atoms with van der Waals surface area (Å²) >= 11 is 6.19. The lowest BCUT2D eigenvalue weighted by molar-refractivity contribution is -0.136. The third kappa shape index (κ3) is 3.98. The molecule has 5 nitrogen and oxygen atoms in total. The lowest BCUT2D eigenvalue weighted by Crippen LogP contribution is -2.33. The normalized spacial score (nSPS) is 14.1. The highest BCUT2D eigenvalue weighted by Crippen LogP contribution is 2.32. The summed E-state index contributed by atoms with van der Waals surface area (Å²) in [5.41, 5.74) is 1.84. The second-order valence-electron chi connectivity index (χ2n) is 6.01. The third-order valence-corrected chi connectivity index (χ3v) is 4.70. The number of amides is 2. The van der Waals surface area contributed by atoms with Gasteiger partial charge in [-0.3, -0.25) is 14.5 Å². The van der Waals surface area contributed by atoms with E-state index in [2.05, 4.69) is 0 Å². The van der Waals surface area contributed by atoms with Gasteiger partial charge in [0, 0.05) is 6.54 Å². The zero-order valence-corrected chi connectivity index (χ0v) is 16.0. The molecule has 140 valence electrons. The van der Waals surface area contributed by atoms with E-state index < -0.39 is 5.91 Å². The number of methoxy groups -OCH3 is 1. The van der Waals surface area contributed by atoms with Crippen molar-refractivity contribution < 1.29 is 19.1 Å². The summed E-state index contributed by atoms with van der Waals surface area (Å²) < 4.78 is 10.5. The van der Waals surface area contributed by atoms with Gasteiger partial charge in [-0.2, -0.15) is 0 Å². The number of hydrogen-bond donors (Lipinski definition) is 0. The van der Waals surface area contributed by atoms with Crippen LogP contribution in [0.4, 0.5) is 0 Å². The number of hydrogen-bond acceptors (Lipinski definition) is 4. The van der Waals surface area contributed by atoms with Crippen molar-refractivity contribution in [1.82, 2.24) is 4.90 Å². The van der Waals surface area contributed by atoms with E-state index in [1.165, 1.54) is 4.90 Å². The van der Waals surface area contributed by atoms with Crippen molar-refractivity contribution in [2.75, 3.05) is 20.3 Å². The molecule has 0 fully saturated rings. The van der Waals surface area contributed by atoms with E-state index >= 15 is 0 Å². The Morgan fingerprint density at radius 1 is 0.926 bits per heavy atom. The molecule has 0 spiro atoms. The highest BCUT2D eigenvalue weighted by atomic mass is 35.5. The summed E-state index contributed by atoms with van der Waals surface area (Å²) in [5, 5.41) is -0.0427. The van der Waals surface area contributed by atoms with Crippen LogP contribution in [-0.2, 0) is 16.0 Å². The number of imide groups is 1. The van der Waals surface area contributed by atoms with Crippen LogP contribution >= 0.6 is 11.6 Å². The van der Waals surface area contributed by atoms with E-state index in [1.54, 1.807) is 31.4 Å². The SMILES string of the molecule is CCOc1ccc(C2=C(Cl)C(=O)N(CCc3ccc(OC)cc3)C2=O)cc1. The average molecular weight is 386 g/mol. The van der Waals surface area contributed by atoms with Crippen LogP contribution in [0.5, 0.6) is 11.5 Å². The molecule has 0 aliphatic carbocycles. The van der Waals surface area contributed by atoms with Crippen LogP contribution in [0.15, 0.2) is 53.6 Å².